The van der Waals surface area contributed by atoms with Crippen molar-refractivity contribution < 1.29 is 9.63 Å². The van der Waals surface area contributed by atoms with Crippen LogP contribution in [0.4, 0.5) is 10.5 Å². The number of nitrogens with one attached hydrogen (secondary N) is 1. The van der Waals surface area contributed by atoms with Crippen LogP contribution in [0.3, 0.4) is 0 Å². The second kappa shape index (κ2) is 7.08. The van der Waals surface area contributed by atoms with Gasteiger partial charge in [-0.25, -0.2) is 4.79 Å². The smallest absolute Gasteiger partial charge is 0.298 e. The number of carbonyl (C=O) groups is 1. The van der Waals surface area contributed by atoms with E-state index in [0.717, 1.165) is 16.8 Å². The van der Waals surface area contributed by atoms with E-state index in [1.54, 1.807) is 13.8 Å². The number of anilines is 1. The maximum Gasteiger partial charge on any atom is 0.437 e. The Morgan fingerprint density at radius 3 is 2.00 bits per heavy atom. The number of hydrogen-bond donors (Lipinski definition) is 1. The molecule has 0 unspecified atom stereocenters. The molecule has 0 fully saturated rings. The molecule has 0 aliphatic rings. The highest BCUT2D eigenvalue weighted by Gasteiger charge is 2.16. The Morgan fingerprint density at radius 1 is 1.10 bits per heavy atom. The third-order valence-corrected chi connectivity index (χ3v) is 2.91. The molecule has 110 valence electrons. The van der Waals surface area contributed by atoms with E-state index in [9.17, 15) is 4.79 Å². The molecule has 1 amide bonds. The van der Waals surface area contributed by atoms with Crippen LogP contribution in [0.5, 0.6) is 0 Å². The standard InChI is InChI=1S/C16H24N2O2/c1-10(2)13-8-7-9-14(11(3)4)15(13)17-16(19)20-18-12(5)6/h7-11H,1-6H3,(H,17,19). The van der Waals surface area contributed by atoms with Gasteiger partial charge in [0.15, 0.2) is 0 Å². The van der Waals surface area contributed by atoms with Crippen LogP contribution >= 0.6 is 0 Å². The first-order valence-electron chi connectivity index (χ1n) is 6.95. The van der Waals surface area contributed by atoms with Crippen molar-refractivity contribution in [2.75, 3.05) is 5.32 Å². The molecule has 0 saturated carbocycles. The summed E-state index contributed by atoms with van der Waals surface area (Å²) in [6.45, 7) is 12.0. The molecule has 1 aromatic carbocycles. The van der Waals surface area contributed by atoms with E-state index in [0.29, 0.717) is 17.5 Å². The van der Waals surface area contributed by atoms with Crippen molar-refractivity contribution in [2.24, 2.45) is 5.16 Å². The molecule has 1 aromatic rings. The highest BCUT2D eigenvalue weighted by atomic mass is 16.7. The van der Waals surface area contributed by atoms with Gasteiger partial charge >= 0.3 is 6.09 Å². The summed E-state index contributed by atoms with van der Waals surface area (Å²) in [5.74, 6) is 0.640. The lowest BCUT2D eigenvalue weighted by molar-refractivity contribution is 0.166. The lowest BCUT2D eigenvalue weighted by atomic mass is 9.93. The fourth-order valence-corrected chi connectivity index (χ4v) is 1.95. The fourth-order valence-electron chi connectivity index (χ4n) is 1.95. The number of carbonyl (C=O) groups excluding carboxylic acids is 1. The minimum Gasteiger partial charge on any atom is -0.298 e. The van der Waals surface area contributed by atoms with Gasteiger partial charge in [0.05, 0.1) is 11.4 Å². The van der Waals surface area contributed by atoms with Gasteiger partial charge in [0.25, 0.3) is 0 Å². The summed E-state index contributed by atoms with van der Waals surface area (Å²) < 4.78 is 0. The number of benzene rings is 1. The zero-order chi connectivity index (χ0) is 15.3. The van der Waals surface area contributed by atoms with Crippen LogP contribution < -0.4 is 5.32 Å². The molecule has 4 nitrogen and oxygen atoms in total. The van der Waals surface area contributed by atoms with Gasteiger partial charge in [-0.3, -0.25) is 10.2 Å². The van der Waals surface area contributed by atoms with Crippen molar-refractivity contribution in [3.05, 3.63) is 29.3 Å². The zero-order valence-electron chi connectivity index (χ0n) is 13.2. The van der Waals surface area contributed by atoms with Crippen LogP contribution in [0.2, 0.25) is 0 Å². The number of hydrogen-bond acceptors (Lipinski definition) is 3. The second-order valence-corrected chi connectivity index (χ2v) is 5.66. The number of oxime groups is 1. The molecular weight excluding hydrogens is 252 g/mol. The van der Waals surface area contributed by atoms with Gasteiger partial charge in [0.1, 0.15) is 0 Å². The lowest BCUT2D eigenvalue weighted by Crippen LogP contribution is -2.15. The number of para-hydroxylation sites is 1. The van der Waals surface area contributed by atoms with Crippen molar-refractivity contribution in [1.29, 1.82) is 0 Å². The molecule has 1 N–H and O–H groups in total. The van der Waals surface area contributed by atoms with Crippen molar-refractivity contribution >= 4 is 17.5 Å². The minimum absolute atomic E-state index is 0.320. The predicted molar refractivity (Wildman–Crippen MR) is 83.5 cm³/mol. The topological polar surface area (TPSA) is 50.7 Å². The summed E-state index contributed by atoms with van der Waals surface area (Å²) in [5.41, 5.74) is 3.74. The van der Waals surface area contributed by atoms with Crippen molar-refractivity contribution in [3.8, 4) is 0 Å². The van der Waals surface area contributed by atoms with E-state index in [1.165, 1.54) is 0 Å². The Bertz CT molecular complexity index is 475. The van der Waals surface area contributed by atoms with Crippen LogP contribution in [0, 0.1) is 0 Å². The summed E-state index contributed by atoms with van der Waals surface area (Å²) in [7, 11) is 0. The average molecular weight is 276 g/mol. The van der Waals surface area contributed by atoms with E-state index in [1.807, 2.05) is 18.2 Å². The molecule has 4 heteroatoms. The predicted octanol–water partition coefficient (Wildman–Crippen LogP) is 4.88. The molecule has 0 aromatic heterocycles. The van der Waals surface area contributed by atoms with Crippen LogP contribution in [-0.4, -0.2) is 11.8 Å². The molecule has 0 bridgehead atoms. The highest BCUT2D eigenvalue weighted by Crippen LogP contribution is 2.32. The molecule has 0 aliphatic heterocycles. The first-order chi connectivity index (χ1) is 9.32. The van der Waals surface area contributed by atoms with Gasteiger partial charge in [-0.05, 0) is 36.8 Å². The van der Waals surface area contributed by atoms with Gasteiger partial charge < -0.3 is 0 Å². The lowest BCUT2D eigenvalue weighted by Gasteiger charge is -2.19. The number of nitrogens with zero attached hydrogens (tertiary/aromatic N) is 1. The van der Waals surface area contributed by atoms with Gasteiger partial charge in [-0.1, -0.05) is 51.0 Å². The van der Waals surface area contributed by atoms with Crippen LogP contribution in [0.1, 0.15) is 64.5 Å². The summed E-state index contributed by atoms with van der Waals surface area (Å²) in [4.78, 5) is 16.6. The second-order valence-electron chi connectivity index (χ2n) is 5.66. The fraction of sp³-hybridized carbons (Fsp3) is 0.500. The molecular formula is C16H24N2O2. The Kier molecular flexibility index (Phi) is 5.74. The summed E-state index contributed by atoms with van der Waals surface area (Å²) in [5, 5.41) is 6.50. The van der Waals surface area contributed by atoms with Crippen LogP contribution in [0.15, 0.2) is 23.4 Å². The van der Waals surface area contributed by atoms with E-state index in [-0.39, 0.29) is 0 Å². The molecule has 20 heavy (non-hydrogen) atoms. The van der Waals surface area contributed by atoms with Gasteiger partial charge in [-0.2, -0.15) is 0 Å². The first-order valence-corrected chi connectivity index (χ1v) is 6.95. The monoisotopic (exact) mass is 276 g/mol. The first kappa shape index (κ1) is 16.2. The van der Waals surface area contributed by atoms with Crippen molar-refractivity contribution in [3.63, 3.8) is 0 Å². The van der Waals surface area contributed by atoms with Crippen LogP contribution in [-0.2, 0) is 4.84 Å². The quantitative estimate of drug-likeness (QED) is 0.484. The third kappa shape index (κ3) is 4.37. The molecule has 0 saturated heterocycles. The third-order valence-electron chi connectivity index (χ3n) is 2.91. The Labute approximate surface area is 121 Å². The summed E-state index contributed by atoms with van der Waals surface area (Å²) in [6, 6.07) is 6.08. The Balaban J connectivity index is 3.08. The molecule has 0 atom stereocenters. The SMILES string of the molecule is CC(C)=NOC(=O)Nc1c(C(C)C)cccc1C(C)C. The molecule has 0 aliphatic carbocycles. The van der Waals surface area contributed by atoms with E-state index in [4.69, 9.17) is 4.84 Å². The highest BCUT2D eigenvalue weighted by molar-refractivity contribution is 5.88. The summed E-state index contributed by atoms with van der Waals surface area (Å²) in [6.07, 6.45) is -0.554. The Morgan fingerprint density at radius 2 is 1.60 bits per heavy atom. The van der Waals surface area contributed by atoms with Gasteiger partial charge in [0, 0.05) is 0 Å². The van der Waals surface area contributed by atoms with Gasteiger partial charge in [0.2, 0.25) is 0 Å². The number of amides is 1. The van der Waals surface area contributed by atoms with Crippen molar-refractivity contribution in [2.45, 2.75) is 53.4 Å². The summed E-state index contributed by atoms with van der Waals surface area (Å²) >= 11 is 0. The normalized spacial score (nSPS) is 10.6. The molecule has 1 rings (SSSR count). The molecule has 0 heterocycles. The molecule has 0 spiro atoms. The average Bonchev–Trinajstić information content (AvgIpc) is 2.36. The Hall–Kier alpha value is -1.84. The maximum absolute atomic E-state index is 11.8. The van der Waals surface area contributed by atoms with Crippen LogP contribution in [0.25, 0.3) is 0 Å². The van der Waals surface area contributed by atoms with E-state index < -0.39 is 6.09 Å². The number of rotatable bonds is 4. The van der Waals surface area contributed by atoms with Crippen molar-refractivity contribution in [1.82, 2.24) is 0 Å². The maximum atomic E-state index is 11.8. The van der Waals surface area contributed by atoms with E-state index >= 15 is 0 Å². The molecule has 0 radical (unpaired) electrons. The zero-order valence-corrected chi connectivity index (χ0v) is 13.2. The van der Waals surface area contributed by atoms with E-state index in [2.05, 4.69) is 38.2 Å². The minimum atomic E-state index is -0.554. The largest absolute Gasteiger partial charge is 0.437 e. The van der Waals surface area contributed by atoms with Gasteiger partial charge in [-0.15, -0.1) is 0 Å².